The van der Waals surface area contributed by atoms with Crippen LogP contribution in [0.1, 0.15) is 21.9 Å². The lowest BCUT2D eigenvalue weighted by Crippen LogP contribution is -2.45. The van der Waals surface area contributed by atoms with Gasteiger partial charge in [0.05, 0.1) is 0 Å². The molecule has 1 saturated heterocycles. The van der Waals surface area contributed by atoms with Gasteiger partial charge in [0.25, 0.3) is 5.91 Å². The topological polar surface area (TPSA) is 61.4 Å². The van der Waals surface area contributed by atoms with Gasteiger partial charge >= 0.3 is 0 Å². The minimum Gasteiger partial charge on any atom is -0.354 e. The van der Waals surface area contributed by atoms with E-state index in [1.807, 2.05) is 38.1 Å². The maximum atomic E-state index is 12.6. The Labute approximate surface area is 142 Å². The number of likely N-dealkylation sites (N-methyl/N-ethyl adjacent to an activating group) is 1. The summed E-state index contributed by atoms with van der Waals surface area (Å²) in [5.41, 5.74) is 2.23. The van der Waals surface area contributed by atoms with E-state index in [2.05, 4.69) is 32.1 Å². The van der Waals surface area contributed by atoms with Crippen LogP contribution in [0.4, 0.5) is 11.5 Å². The van der Waals surface area contributed by atoms with E-state index in [9.17, 15) is 4.79 Å². The predicted molar refractivity (Wildman–Crippen MR) is 95.6 cm³/mol. The average molecular weight is 325 g/mol. The standard InChI is InChI=1S/C18H23N5O/c1-13-6-4-5-7-15(13)21-18(24)16-12-17(20-14(2)19-16)23-10-8-22(3)9-11-23/h4-7,12H,8-11H2,1-3H3,(H,21,24). The predicted octanol–water partition coefficient (Wildman–Crippen LogP) is 2.10. The van der Waals surface area contributed by atoms with Crippen molar-refractivity contribution < 1.29 is 4.79 Å². The Morgan fingerprint density at radius 3 is 2.50 bits per heavy atom. The van der Waals surface area contributed by atoms with E-state index < -0.39 is 0 Å². The summed E-state index contributed by atoms with van der Waals surface area (Å²) in [6.45, 7) is 7.60. The van der Waals surface area contributed by atoms with Crippen molar-refractivity contribution in [2.45, 2.75) is 13.8 Å². The van der Waals surface area contributed by atoms with E-state index in [0.29, 0.717) is 11.5 Å². The van der Waals surface area contributed by atoms with Crippen molar-refractivity contribution in [3.8, 4) is 0 Å². The van der Waals surface area contributed by atoms with Crippen LogP contribution in [0.25, 0.3) is 0 Å². The fourth-order valence-corrected chi connectivity index (χ4v) is 2.77. The Morgan fingerprint density at radius 1 is 1.08 bits per heavy atom. The maximum Gasteiger partial charge on any atom is 0.274 e. The number of anilines is 2. The molecule has 0 radical (unpaired) electrons. The van der Waals surface area contributed by atoms with Gasteiger partial charge in [-0.2, -0.15) is 0 Å². The SMILES string of the molecule is Cc1nc(C(=O)Nc2ccccc2C)cc(N2CCN(C)CC2)n1. The number of nitrogens with one attached hydrogen (secondary N) is 1. The van der Waals surface area contributed by atoms with Crippen molar-refractivity contribution >= 4 is 17.4 Å². The van der Waals surface area contributed by atoms with Crippen molar-refractivity contribution in [1.29, 1.82) is 0 Å². The largest absolute Gasteiger partial charge is 0.354 e. The Bertz CT molecular complexity index is 738. The molecule has 0 unspecified atom stereocenters. The number of carbonyl (C=O) groups excluding carboxylic acids is 1. The second-order valence-corrected chi connectivity index (χ2v) is 6.22. The van der Waals surface area contributed by atoms with Gasteiger partial charge in [-0.1, -0.05) is 18.2 Å². The molecule has 1 fully saturated rings. The monoisotopic (exact) mass is 325 g/mol. The lowest BCUT2D eigenvalue weighted by molar-refractivity contribution is 0.102. The third kappa shape index (κ3) is 3.71. The molecule has 6 heteroatoms. The zero-order valence-corrected chi connectivity index (χ0v) is 14.4. The van der Waals surface area contributed by atoms with Crippen LogP contribution in [0.2, 0.25) is 0 Å². The zero-order chi connectivity index (χ0) is 17.1. The highest BCUT2D eigenvalue weighted by molar-refractivity contribution is 6.03. The Morgan fingerprint density at radius 2 is 1.79 bits per heavy atom. The van der Waals surface area contributed by atoms with Crippen LogP contribution >= 0.6 is 0 Å². The first-order chi connectivity index (χ1) is 11.5. The Kier molecular flexibility index (Phi) is 4.76. The van der Waals surface area contributed by atoms with Crippen LogP contribution < -0.4 is 10.2 Å². The maximum absolute atomic E-state index is 12.6. The number of para-hydroxylation sites is 1. The van der Waals surface area contributed by atoms with Crippen molar-refractivity contribution in [2.75, 3.05) is 43.4 Å². The van der Waals surface area contributed by atoms with Gasteiger partial charge < -0.3 is 15.1 Å². The number of amides is 1. The molecule has 2 heterocycles. The van der Waals surface area contributed by atoms with E-state index in [0.717, 1.165) is 43.2 Å². The molecule has 0 bridgehead atoms. The summed E-state index contributed by atoms with van der Waals surface area (Å²) < 4.78 is 0. The van der Waals surface area contributed by atoms with E-state index >= 15 is 0 Å². The third-order valence-electron chi connectivity index (χ3n) is 4.28. The van der Waals surface area contributed by atoms with Gasteiger partial charge in [0.1, 0.15) is 17.3 Å². The van der Waals surface area contributed by atoms with Gasteiger partial charge in [0, 0.05) is 37.9 Å². The smallest absolute Gasteiger partial charge is 0.274 e. The summed E-state index contributed by atoms with van der Waals surface area (Å²) in [6, 6.07) is 9.50. The first kappa shape index (κ1) is 16.4. The van der Waals surface area contributed by atoms with Gasteiger partial charge in [0.15, 0.2) is 0 Å². The van der Waals surface area contributed by atoms with Gasteiger partial charge in [-0.25, -0.2) is 9.97 Å². The first-order valence-electron chi connectivity index (χ1n) is 8.19. The molecule has 0 aliphatic carbocycles. The van der Waals surface area contributed by atoms with Crippen LogP contribution in [-0.2, 0) is 0 Å². The van der Waals surface area contributed by atoms with Crippen LogP contribution in [0.5, 0.6) is 0 Å². The molecule has 0 saturated carbocycles. The van der Waals surface area contributed by atoms with E-state index in [1.165, 1.54) is 0 Å². The summed E-state index contributed by atoms with van der Waals surface area (Å²) in [4.78, 5) is 25.9. The van der Waals surface area contributed by atoms with Gasteiger partial charge in [0.2, 0.25) is 0 Å². The Balaban J connectivity index is 1.80. The van der Waals surface area contributed by atoms with Crippen molar-refractivity contribution in [2.24, 2.45) is 0 Å². The molecule has 126 valence electrons. The van der Waals surface area contributed by atoms with Crippen LogP contribution in [0.3, 0.4) is 0 Å². The number of hydrogen-bond acceptors (Lipinski definition) is 5. The molecule has 1 N–H and O–H groups in total. The highest BCUT2D eigenvalue weighted by Gasteiger charge is 2.18. The molecule has 1 amide bonds. The number of aryl methyl sites for hydroxylation is 2. The summed E-state index contributed by atoms with van der Waals surface area (Å²) in [7, 11) is 2.11. The number of rotatable bonds is 3. The van der Waals surface area contributed by atoms with Gasteiger partial charge in [-0.3, -0.25) is 4.79 Å². The molecule has 0 spiro atoms. The quantitative estimate of drug-likeness (QED) is 0.936. The molecular weight excluding hydrogens is 302 g/mol. The molecule has 1 aromatic heterocycles. The van der Waals surface area contributed by atoms with Crippen LogP contribution in [-0.4, -0.2) is 54.0 Å². The fourth-order valence-electron chi connectivity index (χ4n) is 2.77. The van der Waals surface area contributed by atoms with Gasteiger partial charge in [-0.05, 0) is 32.5 Å². The van der Waals surface area contributed by atoms with Gasteiger partial charge in [-0.15, -0.1) is 0 Å². The number of aromatic nitrogens is 2. The molecule has 3 rings (SSSR count). The molecule has 1 aliphatic rings. The van der Waals surface area contributed by atoms with Crippen molar-refractivity contribution in [3.63, 3.8) is 0 Å². The number of carbonyl (C=O) groups is 1. The average Bonchev–Trinajstić information content (AvgIpc) is 2.57. The van der Waals surface area contributed by atoms with Crippen molar-refractivity contribution in [1.82, 2.24) is 14.9 Å². The lowest BCUT2D eigenvalue weighted by atomic mass is 10.2. The van der Waals surface area contributed by atoms with E-state index in [-0.39, 0.29) is 5.91 Å². The normalized spacial score (nSPS) is 15.4. The molecular formula is C18H23N5O. The molecule has 6 nitrogen and oxygen atoms in total. The highest BCUT2D eigenvalue weighted by atomic mass is 16.1. The number of benzene rings is 1. The Hall–Kier alpha value is -2.47. The minimum atomic E-state index is -0.204. The molecule has 0 atom stereocenters. The number of piperazine rings is 1. The zero-order valence-electron chi connectivity index (χ0n) is 14.4. The second-order valence-electron chi connectivity index (χ2n) is 6.22. The minimum absolute atomic E-state index is 0.204. The number of nitrogens with zero attached hydrogens (tertiary/aromatic N) is 4. The summed E-state index contributed by atoms with van der Waals surface area (Å²) in [6.07, 6.45) is 0. The van der Waals surface area contributed by atoms with Crippen molar-refractivity contribution in [3.05, 3.63) is 47.4 Å². The van der Waals surface area contributed by atoms with E-state index in [1.54, 1.807) is 6.07 Å². The summed E-state index contributed by atoms with van der Waals surface area (Å²) >= 11 is 0. The third-order valence-corrected chi connectivity index (χ3v) is 4.28. The summed E-state index contributed by atoms with van der Waals surface area (Å²) in [5.74, 6) is 1.23. The fraction of sp³-hybridized carbons (Fsp3) is 0.389. The first-order valence-corrected chi connectivity index (χ1v) is 8.19. The molecule has 1 aromatic carbocycles. The van der Waals surface area contributed by atoms with E-state index in [4.69, 9.17) is 0 Å². The highest BCUT2D eigenvalue weighted by Crippen LogP contribution is 2.18. The lowest BCUT2D eigenvalue weighted by Gasteiger charge is -2.33. The molecule has 2 aromatic rings. The van der Waals surface area contributed by atoms with Crippen LogP contribution in [0.15, 0.2) is 30.3 Å². The molecule has 24 heavy (non-hydrogen) atoms. The van der Waals surface area contributed by atoms with Crippen LogP contribution in [0, 0.1) is 13.8 Å². The second kappa shape index (κ2) is 6.97. The number of hydrogen-bond donors (Lipinski definition) is 1. The molecule has 1 aliphatic heterocycles. The summed E-state index contributed by atoms with van der Waals surface area (Å²) in [5, 5.41) is 2.93.